The number of carbonyl (C=O) groups is 2. The van der Waals surface area contributed by atoms with Gasteiger partial charge in [-0.25, -0.2) is 0 Å². The molecule has 1 saturated heterocycles. The summed E-state index contributed by atoms with van der Waals surface area (Å²) in [4.78, 5) is 27.2. The van der Waals surface area contributed by atoms with Gasteiger partial charge in [0.1, 0.15) is 0 Å². The lowest BCUT2D eigenvalue weighted by Gasteiger charge is -2.28. The number of rotatable bonds is 8. The van der Waals surface area contributed by atoms with Gasteiger partial charge >= 0.3 is 0 Å². The third-order valence-electron chi connectivity index (χ3n) is 4.68. The number of nitrogens with two attached hydrogens (primary N) is 1. The van der Waals surface area contributed by atoms with Crippen LogP contribution in [0.1, 0.15) is 36.0 Å². The number of anilines is 1. The Morgan fingerprint density at radius 1 is 1.11 bits per heavy atom. The third-order valence-corrected chi connectivity index (χ3v) is 4.68. The van der Waals surface area contributed by atoms with Crippen LogP contribution in [0.3, 0.4) is 0 Å². The van der Waals surface area contributed by atoms with Crippen molar-refractivity contribution in [3.8, 4) is 11.5 Å². The molecule has 1 aromatic carbocycles. The standard InChI is InChI=1S/C19H29N3O5/c1-25-13(12-20)9-18(23)21-15-11-17(27-3)16(26-2)10-14(15)19(24)22-7-5-4-6-8-22/h10-11,13H,4-9,12,20H2,1-3H3,(H,21,23). The lowest BCUT2D eigenvalue weighted by Crippen LogP contribution is -2.36. The summed E-state index contributed by atoms with van der Waals surface area (Å²) < 4.78 is 15.8. The molecule has 3 N–H and O–H groups in total. The van der Waals surface area contributed by atoms with Crippen molar-refractivity contribution < 1.29 is 23.8 Å². The highest BCUT2D eigenvalue weighted by molar-refractivity contribution is 6.04. The van der Waals surface area contributed by atoms with Gasteiger partial charge in [0.05, 0.1) is 38.0 Å². The molecule has 1 fully saturated rings. The molecule has 27 heavy (non-hydrogen) atoms. The number of amides is 2. The van der Waals surface area contributed by atoms with Crippen LogP contribution in [0.25, 0.3) is 0 Å². The van der Waals surface area contributed by atoms with Crippen LogP contribution in [-0.4, -0.2) is 63.8 Å². The summed E-state index contributed by atoms with van der Waals surface area (Å²) in [6, 6.07) is 3.22. The predicted octanol–water partition coefficient (Wildman–Crippen LogP) is 1.63. The molecule has 8 heteroatoms. The molecular weight excluding hydrogens is 350 g/mol. The van der Waals surface area contributed by atoms with E-state index in [-0.39, 0.29) is 30.9 Å². The van der Waals surface area contributed by atoms with E-state index in [1.165, 1.54) is 21.3 Å². The Hall–Kier alpha value is -2.32. The van der Waals surface area contributed by atoms with Gasteiger partial charge in [0.15, 0.2) is 11.5 Å². The summed E-state index contributed by atoms with van der Waals surface area (Å²) in [5.74, 6) is 0.456. The number of benzene rings is 1. The van der Waals surface area contributed by atoms with Gasteiger partial charge in [0.25, 0.3) is 5.91 Å². The van der Waals surface area contributed by atoms with Gasteiger partial charge in [-0.05, 0) is 25.3 Å². The topological polar surface area (TPSA) is 103 Å². The van der Waals surface area contributed by atoms with Gasteiger partial charge < -0.3 is 30.2 Å². The van der Waals surface area contributed by atoms with Crippen LogP contribution < -0.4 is 20.5 Å². The SMILES string of the molecule is COc1cc(NC(=O)CC(CN)OC)c(C(=O)N2CCCCC2)cc1OC. The molecule has 1 aliphatic rings. The van der Waals surface area contributed by atoms with Crippen molar-refractivity contribution >= 4 is 17.5 Å². The van der Waals surface area contributed by atoms with Gasteiger partial charge in [-0.3, -0.25) is 9.59 Å². The number of nitrogens with one attached hydrogen (secondary N) is 1. The molecule has 2 amide bonds. The first-order valence-corrected chi connectivity index (χ1v) is 9.12. The zero-order valence-electron chi connectivity index (χ0n) is 16.2. The highest BCUT2D eigenvalue weighted by Crippen LogP contribution is 2.34. The van der Waals surface area contributed by atoms with E-state index in [9.17, 15) is 9.59 Å². The lowest BCUT2D eigenvalue weighted by atomic mass is 10.1. The van der Waals surface area contributed by atoms with E-state index < -0.39 is 0 Å². The molecule has 2 rings (SSSR count). The Balaban J connectivity index is 2.32. The predicted molar refractivity (Wildman–Crippen MR) is 102 cm³/mol. The normalized spacial score (nSPS) is 15.2. The lowest BCUT2D eigenvalue weighted by molar-refractivity contribution is -0.118. The van der Waals surface area contributed by atoms with E-state index in [0.29, 0.717) is 35.8 Å². The van der Waals surface area contributed by atoms with Gasteiger partial charge in [0.2, 0.25) is 5.91 Å². The molecule has 0 aliphatic carbocycles. The Kier molecular flexibility index (Phi) is 7.87. The molecule has 0 spiro atoms. The van der Waals surface area contributed by atoms with E-state index in [1.54, 1.807) is 17.0 Å². The number of likely N-dealkylation sites (tertiary alicyclic amines) is 1. The van der Waals surface area contributed by atoms with Crippen LogP contribution in [0, 0.1) is 0 Å². The van der Waals surface area contributed by atoms with Crippen LogP contribution >= 0.6 is 0 Å². The average molecular weight is 379 g/mol. The molecule has 150 valence electrons. The van der Waals surface area contributed by atoms with Crippen LogP contribution in [0.4, 0.5) is 5.69 Å². The number of nitrogens with zero attached hydrogens (tertiary/aromatic N) is 1. The summed E-state index contributed by atoms with van der Waals surface area (Å²) in [5.41, 5.74) is 6.35. The van der Waals surface area contributed by atoms with Crippen LogP contribution in [-0.2, 0) is 9.53 Å². The highest BCUT2D eigenvalue weighted by atomic mass is 16.5. The van der Waals surface area contributed by atoms with Crippen molar-refractivity contribution in [2.24, 2.45) is 5.73 Å². The fourth-order valence-electron chi connectivity index (χ4n) is 3.10. The first kappa shape index (κ1) is 21.0. The highest BCUT2D eigenvalue weighted by Gasteiger charge is 2.24. The van der Waals surface area contributed by atoms with E-state index in [4.69, 9.17) is 19.9 Å². The first-order valence-electron chi connectivity index (χ1n) is 9.12. The summed E-state index contributed by atoms with van der Waals surface area (Å²) >= 11 is 0. The second-order valence-corrected chi connectivity index (χ2v) is 6.45. The number of hydrogen-bond donors (Lipinski definition) is 2. The zero-order valence-corrected chi connectivity index (χ0v) is 16.2. The molecule has 8 nitrogen and oxygen atoms in total. The maximum atomic E-state index is 13.0. The number of carbonyl (C=O) groups excluding carboxylic acids is 2. The summed E-state index contributed by atoms with van der Waals surface area (Å²) in [5, 5.41) is 2.80. The summed E-state index contributed by atoms with van der Waals surface area (Å²) in [6.45, 7) is 1.65. The van der Waals surface area contributed by atoms with Crippen LogP contribution in [0.2, 0.25) is 0 Å². The van der Waals surface area contributed by atoms with Gasteiger partial charge in [-0.1, -0.05) is 0 Å². The monoisotopic (exact) mass is 379 g/mol. The first-order chi connectivity index (χ1) is 13.0. The Morgan fingerprint density at radius 2 is 1.74 bits per heavy atom. The van der Waals surface area contributed by atoms with E-state index >= 15 is 0 Å². The molecule has 0 bridgehead atoms. The van der Waals surface area contributed by atoms with Crippen molar-refractivity contribution in [2.75, 3.05) is 46.3 Å². The van der Waals surface area contributed by atoms with Crippen molar-refractivity contribution in [3.63, 3.8) is 0 Å². The Labute approximate surface area is 159 Å². The molecule has 0 aromatic heterocycles. The second-order valence-electron chi connectivity index (χ2n) is 6.45. The molecule has 0 radical (unpaired) electrons. The maximum absolute atomic E-state index is 13.0. The molecule has 1 aromatic rings. The van der Waals surface area contributed by atoms with E-state index in [2.05, 4.69) is 5.32 Å². The fraction of sp³-hybridized carbons (Fsp3) is 0.579. The molecule has 1 unspecified atom stereocenters. The minimum atomic E-state index is -0.383. The van der Waals surface area contributed by atoms with Gasteiger partial charge in [0, 0.05) is 32.8 Å². The van der Waals surface area contributed by atoms with E-state index in [1.807, 2.05) is 0 Å². The smallest absolute Gasteiger partial charge is 0.256 e. The number of hydrogen-bond acceptors (Lipinski definition) is 6. The van der Waals surface area contributed by atoms with Crippen LogP contribution in [0.5, 0.6) is 11.5 Å². The minimum absolute atomic E-state index is 0.0959. The third kappa shape index (κ3) is 5.33. The van der Waals surface area contributed by atoms with Crippen LogP contribution in [0.15, 0.2) is 12.1 Å². The van der Waals surface area contributed by atoms with Crippen molar-refractivity contribution in [3.05, 3.63) is 17.7 Å². The number of ether oxygens (including phenoxy) is 3. The summed E-state index contributed by atoms with van der Waals surface area (Å²) in [7, 11) is 4.52. The van der Waals surface area contributed by atoms with Crippen molar-refractivity contribution in [1.82, 2.24) is 4.90 Å². The molecule has 0 saturated carbocycles. The molecule has 1 heterocycles. The number of methoxy groups -OCH3 is 3. The largest absolute Gasteiger partial charge is 0.493 e. The summed E-state index contributed by atoms with van der Waals surface area (Å²) in [6.07, 6.45) is 2.79. The molecule has 1 atom stereocenters. The minimum Gasteiger partial charge on any atom is -0.493 e. The Morgan fingerprint density at radius 3 is 2.30 bits per heavy atom. The average Bonchev–Trinajstić information content (AvgIpc) is 2.71. The van der Waals surface area contributed by atoms with Gasteiger partial charge in [-0.2, -0.15) is 0 Å². The fourth-order valence-corrected chi connectivity index (χ4v) is 3.10. The second kappa shape index (κ2) is 10.1. The van der Waals surface area contributed by atoms with E-state index in [0.717, 1.165) is 19.3 Å². The number of piperidine rings is 1. The molecule has 1 aliphatic heterocycles. The molecular formula is C19H29N3O5. The maximum Gasteiger partial charge on any atom is 0.256 e. The zero-order chi connectivity index (χ0) is 19.8. The Bertz CT molecular complexity index is 655. The van der Waals surface area contributed by atoms with Crippen molar-refractivity contribution in [2.45, 2.75) is 31.8 Å². The van der Waals surface area contributed by atoms with Crippen molar-refractivity contribution in [1.29, 1.82) is 0 Å². The quantitative estimate of drug-likeness (QED) is 0.712. The van der Waals surface area contributed by atoms with Gasteiger partial charge in [-0.15, -0.1) is 0 Å².